The molecule has 1 saturated heterocycles. The van der Waals surface area contributed by atoms with E-state index in [4.69, 9.17) is 23.8 Å². The molecule has 2 unspecified atom stereocenters. The number of hydrogen-bond acceptors (Lipinski definition) is 3. The van der Waals surface area contributed by atoms with E-state index in [1.54, 1.807) is 24.4 Å². The minimum atomic E-state index is -0.164. The molecule has 1 aliphatic rings. The van der Waals surface area contributed by atoms with E-state index in [1.807, 2.05) is 53.2 Å². The van der Waals surface area contributed by atoms with Crippen LogP contribution in [0.15, 0.2) is 61.1 Å². The fraction of sp³-hybridized carbons (Fsp3) is 0.158. The number of pyridine rings is 1. The van der Waals surface area contributed by atoms with E-state index in [0.29, 0.717) is 15.8 Å². The highest BCUT2D eigenvalue weighted by Crippen LogP contribution is 2.44. The third-order valence-corrected chi connectivity index (χ3v) is 5.04. The highest BCUT2D eigenvalue weighted by Gasteiger charge is 2.41. The lowest BCUT2D eigenvalue weighted by atomic mass is 9.98. The molecule has 7 heteroatoms. The second kappa shape index (κ2) is 6.63. The van der Waals surface area contributed by atoms with Gasteiger partial charge in [0.25, 0.3) is 0 Å². The van der Waals surface area contributed by atoms with Gasteiger partial charge in [-0.25, -0.2) is 0 Å². The first kappa shape index (κ1) is 16.9. The van der Waals surface area contributed by atoms with Crippen LogP contribution < -0.4 is 10.2 Å². The molecule has 2 atom stereocenters. The van der Waals surface area contributed by atoms with Gasteiger partial charge in [0, 0.05) is 30.7 Å². The highest BCUT2D eigenvalue weighted by atomic mass is 35.5. The highest BCUT2D eigenvalue weighted by molar-refractivity contribution is 7.80. The van der Waals surface area contributed by atoms with Gasteiger partial charge < -0.3 is 19.9 Å². The maximum absolute atomic E-state index is 10.4. The van der Waals surface area contributed by atoms with Crippen molar-refractivity contribution in [1.82, 2.24) is 14.9 Å². The fourth-order valence-electron chi connectivity index (χ4n) is 3.34. The van der Waals surface area contributed by atoms with Crippen LogP contribution in [0.2, 0.25) is 5.02 Å². The number of anilines is 1. The molecular formula is C19H17ClN4OS. The Kier molecular flexibility index (Phi) is 4.30. The summed E-state index contributed by atoms with van der Waals surface area (Å²) in [5, 5.41) is 14.8. The van der Waals surface area contributed by atoms with Gasteiger partial charge in [-0.05, 0) is 54.2 Å². The Morgan fingerprint density at radius 3 is 2.77 bits per heavy atom. The van der Waals surface area contributed by atoms with Crippen molar-refractivity contribution in [2.24, 2.45) is 7.05 Å². The summed E-state index contributed by atoms with van der Waals surface area (Å²) in [6.07, 6.45) is 5.80. The van der Waals surface area contributed by atoms with E-state index >= 15 is 0 Å². The lowest BCUT2D eigenvalue weighted by molar-refractivity contribution is 0.473. The van der Waals surface area contributed by atoms with Gasteiger partial charge in [0.2, 0.25) is 0 Å². The molecule has 0 radical (unpaired) electrons. The standard InChI is InChI=1S/C19H17ClN4OS/c1-23-9-7-12(11-23)18-17(14-4-2-3-8-21-14)22-19(26)24(18)15-10-13(20)5-6-16(15)25/h2-11,17-18,25H,1H3,(H,22,26). The Morgan fingerprint density at radius 2 is 2.08 bits per heavy atom. The van der Waals surface area contributed by atoms with Crippen molar-refractivity contribution in [2.45, 2.75) is 12.1 Å². The molecule has 1 fully saturated rings. The van der Waals surface area contributed by atoms with E-state index in [-0.39, 0.29) is 17.8 Å². The molecule has 0 bridgehead atoms. The summed E-state index contributed by atoms with van der Waals surface area (Å²) in [7, 11) is 1.97. The topological polar surface area (TPSA) is 53.3 Å². The second-order valence-electron chi connectivity index (χ2n) is 6.24. The van der Waals surface area contributed by atoms with Crippen molar-refractivity contribution in [3.8, 4) is 5.75 Å². The van der Waals surface area contributed by atoms with E-state index in [0.717, 1.165) is 11.3 Å². The van der Waals surface area contributed by atoms with E-state index in [1.165, 1.54) is 0 Å². The summed E-state index contributed by atoms with van der Waals surface area (Å²) in [5.41, 5.74) is 2.52. The lowest BCUT2D eigenvalue weighted by Gasteiger charge is -2.27. The molecule has 26 heavy (non-hydrogen) atoms. The maximum Gasteiger partial charge on any atom is 0.174 e. The summed E-state index contributed by atoms with van der Waals surface area (Å²) in [6, 6.07) is 12.5. The Hall–Kier alpha value is -2.57. The van der Waals surface area contributed by atoms with Crippen LogP contribution in [0.3, 0.4) is 0 Å². The first-order valence-electron chi connectivity index (χ1n) is 8.15. The van der Waals surface area contributed by atoms with Gasteiger partial charge in [-0.3, -0.25) is 4.98 Å². The second-order valence-corrected chi connectivity index (χ2v) is 7.06. The zero-order chi connectivity index (χ0) is 18.3. The SMILES string of the molecule is Cn1ccc(C2C(c3ccccn3)NC(=S)N2c2cc(Cl)ccc2O)c1. The number of thiocarbonyl (C=S) groups is 1. The molecular weight excluding hydrogens is 368 g/mol. The predicted octanol–water partition coefficient (Wildman–Crippen LogP) is 3.96. The number of aromatic nitrogens is 2. The molecule has 4 rings (SSSR count). The Morgan fingerprint density at radius 1 is 1.23 bits per heavy atom. The fourth-order valence-corrected chi connectivity index (χ4v) is 3.85. The molecule has 1 aromatic carbocycles. The van der Waals surface area contributed by atoms with Crippen LogP contribution in [0.1, 0.15) is 23.3 Å². The molecule has 5 nitrogen and oxygen atoms in total. The quantitative estimate of drug-likeness (QED) is 0.669. The molecule has 0 spiro atoms. The summed E-state index contributed by atoms with van der Waals surface area (Å²) in [4.78, 5) is 6.41. The minimum absolute atomic E-state index is 0.126. The van der Waals surface area contributed by atoms with Crippen LogP contribution in [0.25, 0.3) is 0 Å². The van der Waals surface area contributed by atoms with Gasteiger partial charge in [0.15, 0.2) is 5.11 Å². The maximum atomic E-state index is 10.4. The van der Waals surface area contributed by atoms with Gasteiger partial charge >= 0.3 is 0 Å². The third kappa shape index (κ3) is 2.91. The number of nitrogens with zero attached hydrogens (tertiary/aromatic N) is 3. The third-order valence-electron chi connectivity index (χ3n) is 4.49. The van der Waals surface area contributed by atoms with Crippen molar-refractivity contribution in [3.63, 3.8) is 0 Å². The number of phenols is 1. The van der Waals surface area contributed by atoms with Crippen LogP contribution in [-0.4, -0.2) is 19.8 Å². The molecule has 2 aromatic heterocycles. The number of phenolic OH excluding ortho intramolecular Hbond substituents is 1. The largest absolute Gasteiger partial charge is 0.506 e. The minimum Gasteiger partial charge on any atom is -0.506 e. The van der Waals surface area contributed by atoms with Gasteiger partial charge in [0.05, 0.1) is 23.5 Å². The van der Waals surface area contributed by atoms with E-state index in [2.05, 4.69) is 10.3 Å². The van der Waals surface area contributed by atoms with Crippen molar-refractivity contribution in [2.75, 3.05) is 4.90 Å². The molecule has 0 aliphatic carbocycles. The van der Waals surface area contributed by atoms with E-state index < -0.39 is 0 Å². The van der Waals surface area contributed by atoms with Crippen LogP contribution >= 0.6 is 23.8 Å². The van der Waals surface area contributed by atoms with Crippen LogP contribution in [0.4, 0.5) is 5.69 Å². The van der Waals surface area contributed by atoms with Gasteiger partial charge in [0.1, 0.15) is 5.75 Å². The molecule has 132 valence electrons. The summed E-state index contributed by atoms with van der Waals surface area (Å²) < 4.78 is 1.99. The number of rotatable bonds is 3. The zero-order valence-corrected chi connectivity index (χ0v) is 15.6. The number of aryl methyl sites for hydroxylation is 1. The Bertz CT molecular complexity index is 959. The lowest BCUT2D eigenvalue weighted by Crippen LogP contribution is -2.29. The average molecular weight is 385 g/mol. The molecule has 2 N–H and O–H groups in total. The van der Waals surface area contributed by atoms with Crippen molar-refractivity contribution >= 4 is 34.6 Å². The molecule has 1 aliphatic heterocycles. The van der Waals surface area contributed by atoms with Gasteiger partial charge in [-0.1, -0.05) is 17.7 Å². The number of hydrogen-bond donors (Lipinski definition) is 2. The zero-order valence-electron chi connectivity index (χ0n) is 14.0. The summed E-state index contributed by atoms with van der Waals surface area (Å²) >= 11 is 11.8. The van der Waals surface area contributed by atoms with Crippen molar-refractivity contribution < 1.29 is 5.11 Å². The van der Waals surface area contributed by atoms with Crippen LogP contribution in [0.5, 0.6) is 5.75 Å². The Labute approximate surface area is 161 Å². The smallest absolute Gasteiger partial charge is 0.174 e. The average Bonchev–Trinajstić information content (AvgIpc) is 3.21. The van der Waals surface area contributed by atoms with E-state index in [9.17, 15) is 5.11 Å². The molecule has 3 heterocycles. The van der Waals surface area contributed by atoms with Crippen LogP contribution in [-0.2, 0) is 7.05 Å². The Balaban J connectivity index is 1.86. The first-order chi connectivity index (χ1) is 12.5. The van der Waals surface area contributed by atoms with Gasteiger partial charge in [-0.2, -0.15) is 0 Å². The summed E-state index contributed by atoms with van der Waals surface area (Å²) in [5.74, 6) is 0.126. The van der Waals surface area contributed by atoms with Crippen LogP contribution in [0, 0.1) is 0 Å². The molecule has 0 amide bonds. The molecule has 3 aromatic rings. The normalized spacial score (nSPS) is 19.6. The van der Waals surface area contributed by atoms with Gasteiger partial charge in [-0.15, -0.1) is 0 Å². The monoisotopic (exact) mass is 384 g/mol. The number of nitrogens with one attached hydrogen (secondary N) is 1. The number of aromatic hydroxyl groups is 1. The predicted molar refractivity (Wildman–Crippen MR) is 106 cm³/mol. The van der Waals surface area contributed by atoms with Crippen molar-refractivity contribution in [1.29, 1.82) is 0 Å². The number of halogens is 1. The molecule has 0 saturated carbocycles. The summed E-state index contributed by atoms with van der Waals surface area (Å²) in [6.45, 7) is 0. The number of benzene rings is 1. The van der Waals surface area contributed by atoms with Crippen molar-refractivity contribution in [3.05, 3.63) is 77.3 Å². The first-order valence-corrected chi connectivity index (χ1v) is 8.94.